The maximum atomic E-state index is 13.5. The molecule has 0 aliphatic carbocycles. The summed E-state index contributed by atoms with van der Waals surface area (Å²) >= 11 is 0. The van der Waals surface area contributed by atoms with Gasteiger partial charge in [0, 0.05) is 81.0 Å². The molecule has 2 N–H and O–H groups in total. The van der Waals surface area contributed by atoms with E-state index in [0.717, 1.165) is 85.3 Å². The molecule has 0 radical (unpaired) electrons. The number of likely N-dealkylation sites (tertiary alicyclic amines) is 2. The zero-order chi connectivity index (χ0) is 37.8. The fraction of sp³-hybridized carbons (Fsp3) is 0.425. The van der Waals surface area contributed by atoms with Gasteiger partial charge in [-0.3, -0.25) is 29.6 Å². The third-order valence-electron chi connectivity index (χ3n) is 10.7. The van der Waals surface area contributed by atoms with Crippen LogP contribution in [0.3, 0.4) is 0 Å². The minimum absolute atomic E-state index is 0.0921. The molecular weight excluding hydrogens is 692 g/mol. The number of nitrogens with zero attached hydrogens (tertiary/aromatic N) is 4. The monoisotopic (exact) mass is 738 g/mol. The normalized spacial score (nSPS) is 17.5. The molecule has 0 bridgehead atoms. The first-order valence-corrected chi connectivity index (χ1v) is 18.4. The number of amides is 4. The van der Waals surface area contributed by atoms with Crippen LogP contribution >= 0.6 is 0 Å². The van der Waals surface area contributed by atoms with Crippen molar-refractivity contribution in [2.75, 3.05) is 65.5 Å². The third-order valence-corrected chi connectivity index (χ3v) is 10.7. The van der Waals surface area contributed by atoms with E-state index in [0.29, 0.717) is 35.5 Å². The zero-order valence-electron chi connectivity index (χ0n) is 30.9. The molecule has 0 spiro atoms. The van der Waals surface area contributed by atoms with Crippen LogP contribution in [0.25, 0.3) is 21.9 Å². The highest BCUT2D eigenvalue weighted by Crippen LogP contribution is 2.38. The number of H-pyrrole nitrogens is 1. The molecule has 0 atom stereocenters. The second kappa shape index (κ2) is 16.3. The lowest BCUT2D eigenvalue weighted by Crippen LogP contribution is -2.49. The molecule has 3 saturated heterocycles. The first kappa shape index (κ1) is 36.9. The van der Waals surface area contributed by atoms with Gasteiger partial charge in [0.1, 0.15) is 17.2 Å². The molecule has 0 saturated carbocycles. The van der Waals surface area contributed by atoms with Crippen LogP contribution in [0.2, 0.25) is 0 Å². The summed E-state index contributed by atoms with van der Waals surface area (Å²) in [5, 5.41) is 3.66. The highest BCUT2D eigenvalue weighted by atomic mass is 16.5. The van der Waals surface area contributed by atoms with Crippen molar-refractivity contribution in [1.82, 2.24) is 25.1 Å². The Kier molecular flexibility index (Phi) is 11.1. The Morgan fingerprint density at radius 1 is 0.833 bits per heavy atom. The number of pyridine rings is 2. The van der Waals surface area contributed by atoms with Gasteiger partial charge in [0.25, 0.3) is 11.5 Å². The second-order valence-electron chi connectivity index (χ2n) is 13.9. The first-order valence-electron chi connectivity index (χ1n) is 18.4. The number of hydrogen-bond acceptors (Lipinski definition) is 10. The molecule has 4 amide bonds. The van der Waals surface area contributed by atoms with E-state index in [1.807, 2.05) is 23.1 Å². The molecule has 14 heteroatoms. The van der Waals surface area contributed by atoms with E-state index in [1.54, 1.807) is 51.0 Å². The average Bonchev–Trinajstić information content (AvgIpc) is 3.20. The van der Waals surface area contributed by atoms with E-state index >= 15 is 0 Å². The largest absolute Gasteiger partial charge is 0.496 e. The Bertz CT molecular complexity index is 2060. The lowest BCUT2D eigenvalue weighted by molar-refractivity contribution is -0.120. The van der Waals surface area contributed by atoms with Gasteiger partial charge in [0.15, 0.2) is 0 Å². The van der Waals surface area contributed by atoms with Crippen LogP contribution in [-0.4, -0.2) is 110 Å². The molecule has 5 heterocycles. The van der Waals surface area contributed by atoms with Crippen molar-refractivity contribution >= 4 is 34.3 Å². The van der Waals surface area contributed by atoms with Gasteiger partial charge < -0.3 is 33.7 Å². The molecule has 54 heavy (non-hydrogen) atoms. The van der Waals surface area contributed by atoms with E-state index in [2.05, 4.69) is 20.2 Å². The van der Waals surface area contributed by atoms with Crippen molar-refractivity contribution in [3.8, 4) is 28.4 Å². The molecule has 0 unspecified atom stereocenters. The van der Waals surface area contributed by atoms with E-state index < -0.39 is 6.03 Å². The van der Waals surface area contributed by atoms with Gasteiger partial charge in [-0.05, 0) is 79.5 Å². The summed E-state index contributed by atoms with van der Waals surface area (Å²) in [7, 11) is 4.84. The molecule has 3 fully saturated rings. The number of hydrogen-bond donors (Lipinski definition) is 2. The Hall–Kier alpha value is -5.47. The summed E-state index contributed by atoms with van der Waals surface area (Å²) in [4.78, 5) is 62.7. The number of urea groups is 1. The van der Waals surface area contributed by atoms with Gasteiger partial charge in [-0.15, -0.1) is 0 Å². The van der Waals surface area contributed by atoms with Crippen LogP contribution in [0.5, 0.6) is 17.2 Å². The molecule has 7 rings (SSSR count). The number of nitrogens with one attached hydrogen (secondary N) is 2. The number of methoxy groups -OCH3 is 3. The number of carbonyl (C=O) groups excluding carboxylic acids is 3. The number of benzene rings is 2. The van der Waals surface area contributed by atoms with E-state index in [9.17, 15) is 19.2 Å². The van der Waals surface area contributed by atoms with Gasteiger partial charge in [0.2, 0.25) is 5.91 Å². The van der Waals surface area contributed by atoms with Crippen molar-refractivity contribution in [2.45, 2.75) is 50.7 Å². The van der Waals surface area contributed by atoms with E-state index in [4.69, 9.17) is 18.9 Å². The topological polar surface area (TPSA) is 156 Å². The summed E-state index contributed by atoms with van der Waals surface area (Å²) in [5.41, 5.74) is 3.49. The van der Waals surface area contributed by atoms with Crippen molar-refractivity contribution in [3.05, 3.63) is 76.5 Å². The number of anilines is 1. The molecule has 14 nitrogen and oxygen atoms in total. The van der Waals surface area contributed by atoms with Crippen molar-refractivity contribution < 1.29 is 33.3 Å². The lowest BCUT2D eigenvalue weighted by Gasteiger charge is -2.37. The number of aromatic nitrogens is 2. The first-order chi connectivity index (χ1) is 26.3. The van der Waals surface area contributed by atoms with Crippen LogP contribution < -0.4 is 30.0 Å². The Balaban J connectivity index is 0.905. The summed E-state index contributed by atoms with van der Waals surface area (Å²) in [5.74, 6) is 1.50. The summed E-state index contributed by atoms with van der Waals surface area (Å²) in [6.45, 7) is 4.08. The number of fused-ring (bicyclic) bond motifs is 1. The minimum atomic E-state index is -0.527. The summed E-state index contributed by atoms with van der Waals surface area (Å²) < 4.78 is 23.8. The standard InChI is InChI=1S/C40H46N6O8/c1-51-34-5-4-25(20-33(34)46-19-12-37(47)43-40(46)50)39(49)45-17-9-28(10-18-45)54-27-7-14-44(15-8-27)16-11-30-35(52-2)21-26(22-36(30)53-3)31-24-42-38(48)32-23-41-13-6-29(31)32/h4-6,13,20-24,27-28H,7-12,14-19H2,1-3H3,(H,42,48)(H,43,47,50). The quantitative estimate of drug-likeness (QED) is 0.226. The summed E-state index contributed by atoms with van der Waals surface area (Å²) in [6.07, 6.45) is 9.55. The number of carbonyl (C=O) groups is 3. The predicted octanol–water partition coefficient (Wildman–Crippen LogP) is 4.39. The van der Waals surface area contributed by atoms with Crippen LogP contribution in [0.4, 0.5) is 10.5 Å². The maximum absolute atomic E-state index is 13.5. The Labute approximate surface area is 313 Å². The van der Waals surface area contributed by atoms with Gasteiger partial charge in [-0.1, -0.05) is 0 Å². The number of imide groups is 1. The number of rotatable bonds is 11. The minimum Gasteiger partial charge on any atom is -0.496 e. The molecule has 3 aliphatic heterocycles. The molecule has 3 aliphatic rings. The second-order valence-corrected chi connectivity index (χ2v) is 13.9. The fourth-order valence-corrected chi connectivity index (χ4v) is 7.74. The predicted molar refractivity (Wildman–Crippen MR) is 203 cm³/mol. The Morgan fingerprint density at radius 3 is 2.19 bits per heavy atom. The number of aromatic amines is 1. The fourth-order valence-electron chi connectivity index (χ4n) is 7.74. The maximum Gasteiger partial charge on any atom is 0.328 e. The van der Waals surface area contributed by atoms with Gasteiger partial charge in [0.05, 0.1) is 44.6 Å². The third kappa shape index (κ3) is 7.75. The summed E-state index contributed by atoms with van der Waals surface area (Å²) in [6, 6.07) is 10.4. The Morgan fingerprint density at radius 2 is 1.52 bits per heavy atom. The highest BCUT2D eigenvalue weighted by molar-refractivity contribution is 6.07. The smallest absolute Gasteiger partial charge is 0.328 e. The SMILES string of the molecule is COc1ccc(C(=O)N2CCC(OC3CCN(CCc4c(OC)cc(-c5c[nH]c(=O)c6cnccc56)cc4OC)CC3)CC2)cc1N1CCC(=O)NC1=O. The van der Waals surface area contributed by atoms with E-state index in [1.165, 1.54) is 12.0 Å². The van der Waals surface area contributed by atoms with Crippen LogP contribution in [0.1, 0.15) is 48.0 Å². The highest BCUT2D eigenvalue weighted by Gasteiger charge is 2.31. The van der Waals surface area contributed by atoms with Gasteiger partial charge >= 0.3 is 6.03 Å². The molecule has 4 aromatic rings. The van der Waals surface area contributed by atoms with Crippen molar-refractivity contribution in [1.29, 1.82) is 0 Å². The van der Waals surface area contributed by atoms with Gasteiger partial charge in [-0.25, -0.2) is 4.79 Å². The van der Waals surface area contributed by atoms with Crippen molar-refractivity contribution in [3.63, 3.8) is 0 Å². The zero-order valence-corrected chi connectivity index (χ0v) is 30.9. The molecule has 284 valence electrons. The van der Waals surface area contributed by atoms with Crippen LogP contribution in [0, 0.1) is 0 Å². The van der Waals surface area contributed by atoms with Crippen LogP contribution in [-0.2, 0) is 16.0 Å². The average molecular weight is 739 g/mol. The van der Waals surface area contributed by atoms with Gasteiger partial charge in [-0.2, -0.15) is 0 Å². The van der Waals surface area contributed by atoms with E-state index in [-0.39, 0.29) is 42.5 Å². The number of ether oxygens (including phenoxy) is 4. The molecular formula is C40H46N6O8. The lowest BCUT2D eigenvalue weighted by atomic mass is 9.98. The molecule has 2 aromatic carbocycles. The number of piperidine rings is 2. The van der Waals surface area contributed by atoms with Crippen LogP contribution in [0.15, 0.2) is 59.8 Å². The molecule has 2 aromatic heterocycles. The van der Waals surface area contributed by atoms with Crippen molar-refractivity contribution in [2.24, 2.45) is 0 Å².